The molecule has 0 bridgehead atoms. The van der Waals surface area contributed by atoms with Gasteiger partial charge in [-0.1, -0.05) is 60.1 Å². The highest BCUT2D eigenvalue weighted by molar-refractivity contribution is 6.30. The van der Waals surface area contributed by atoms with Crippen LogP contribution in [0.5, 0.6) is 11.5 Å². The molecule has 0 aliphatic rings. The zero-order valence-corrected chi connectivity index (χ0v) is 21.7. The zero-order chi connectivity index (χ0) is 27.2. The first kappa shape index (κ1) is 25.8. The molecule has 4 aromatic carbocycles. The van der Waals surface area contributed by atoms with Crippen LogP contribution in [0.25, 0.3) is 22.0 Å². The summed E-state index contributed by atoms with van der Waals surface area (Å²) in [6.45, 7) is 2.20. The monoisotopic (exact) mass is 537 g/mol. The van der Waals surface area contributed by atoms with Crippen molar-refractivity contribution in [2.75, 3.05) is 6.61 Å². The summed E-state index contributed by atoms with van der Waals surface area (Å²) >= 11 is 5.90. The minimum atomic E-state index is -0.533. The number of rotatable bonds is 8. The van der Waals surface area contributed by atoms with E-state index in [0.717, 1.165) is 22.0 Å². The van der Waals surface area contributed by atoms with Gasteiger partial charge in [-0.15, -0.1) is 0 Å². The van der Waals surface area contributed by atoms with Crippen LogP contribution in [0.1, 0.15) is 33.3 Å². The summed E-state index contributed by atoms with van der Waals surface area (Å²) in [6.07, 6.45) is 1.50. The molecule has 0 aliphatic heterocycles. The summed E-state index contributed by atoms with van der Waals surface area (Å²) in [5.41, 5.74) is 6.62. The molecule has 2 N–H and O–H groups in total. The maximum atomic E-state index is 13.2. The molecule has 0 saturated carbocycles. The van der Waals surface area contributed by atoms with E-state index in [1.807, 2.05) is 61.5 Å². The van der Waals surface area contributed by atoms with Crippen LogP contribution in [0.15, 0.2) is 102 Å². The molecule has 1 aromatic heterocycles. The topological polar surface area (TPSA) is 92.8 Å². The molecule has 39 heavy (non-hydrogen) atoms. The van der Waals surface area contributed by atoms with Crippen LogP contribution in [-0.4, -0.2) is 29.7 Å². The number of esters is 1. The number of fused-ring (bicyclic) bond motifs is 1. The molecular weight excluding hydrogens is 514 g/mol. The summed E-state index contributed by atoms with van der Waals surface area (Å²) in [4.78, 5) is 28.9. The summed E-state index contributed by atoms with van der Waals surface area (Å²) in [5.74, 6) is -0.269. The van der Waals surface area contributed by atoms with E-state index in [-0.39, 0.29) is 11.7 Å². The lowest BCUT2D eigenvalue weighted by Gasteiger charge is -2.11. The van der Waals surface area contributed by atoms with Gasteiger partial charge in [-0.3, -0.25) is 4.79 Å². The Morgan fingerprint density at radius 2 is 1.67 bits per heavy atom. The fraction of sp³-hybridized carbons (Fsp3) is 0.0645. The predicted octanol–water partition coefficient (Wildman–Crippen LogP) is 6.87. The van der Waals surface area contributed by atoms with Crippen molar-refractivity contribution >= 4 is 40.6 Å². The lowest BCUT2D eigenvalue weighted by atomic mass is 10.0. The first-order valence-electron chi connectivity index (χ1n) is 12.3. The van der Waals surface area contributed by atoms with E-state index >= 15 is 0 Å². The Bertz CT molecular complexity index is 1660. The van der Waals surface area contributed by atoms with E-state index in [4.69, 9.17) is 21.1 Å². The van der Waals surface area contributed by atoms with Gasteiger partial charge in [0.1, 0.15) is 5.69 Å². The Hall–Kier alpha value is -4.88. The Balaban J connectivity index is 1.34. The van der Waals surface area contributed by atoms with Gasteiger partial charge in [0.15, 0.2) is 11.5 Å². The number of ether oxygens (including phenoxy) is 2. The standard InChI is InChI=1S/C31H24ClN3O4/c1-2-38-27-18-20(12-17-26(27)39-31(37)22-13-15-23(32)16-14-22)19-33-35-30(36)29-28(21-8-4-3-5-9-21)24-10-6-7-11-25(24)34-29/h3-19,34H,2H2,1H3,(H,35,36). The quantitative estimate of drug-likeness (QED) is 0.0977. The molecule has 5 rings (SSSR count). The number of aromatic amines is 1. The number of H-pyrrole nitrogens is 1. The van der Waals surface area contributed by atoms with E-state index < -0.39 is 5.97 Å². The van der Waals surface area contributed by atoms with Gasteiger partial charge in [0.25, 0.3) is 5.91 Å². The molecule has 0 aliphatic carbocycles. The molecule has 0 unspecified atom stereocenters. The van der Waals surface area contributed by atoms with Crippen LogP contribution in [0.4, 0.5) is 0 Å². The van der Waals surface area contributed by atoms with Gasteiger partial charge in [-0.05, 0) is 66.6 Å². The van der Waals surface area contributed by atoms with Crippen LogP contribution < -0.4 is 14.9 Å². The highest BCUT2D eigenvalue weighted by Gasteiger charge is 2.19. The third-order valence-corrected chi connectivity index (χ3v) is 6.18. The van der Waals surface area contributed by atoms with Gasteiger partial charge in [0, 0.05) is 21.5 Å². The van der Waals surface area contributed by atoms with Crippen molar-refractivity contribution in [2.24, 2.45) is 5.10 Å². The van der Waals surface area contributed by atoms with Crippen molar-refractivity contribution in [3.63, 3.8) is 0 Å². The summed E-state index contributed by atoms with van der Waals surface area (Å²) < 4.78 is 11.2. The second-order valence-electron chi connectivity index (χ2n) is 8.52. The zero-order valence-electron chi connectivity index (χ0n) is 21.0. The Morgan fingerprint density at radius 1 is 0.923 bits per heavy atom. The van der Waals surface area contributed by atoms with Crippen LogP contribution in [0.2, 0.25) is 5.02 Å². The van der Waals surface area contributed by atoms with Gasteiger partial charge >= 0.3 is 5.97 Å². The molecule has 0 fully saturated rings. The summed E-state index contributed by atoms with van der Waals surface area (Å²) in [5, 5.41) is 5.62. The van der Waals surface area contributed by atoms with Gasteiger partial charge in [0.2, 0.25) is 0 Å². The molecular formula is C31H24ClN3O4. The highest BCUT2D eigenvalue weighted by atomic mass is 35.5. The Kier molecular flexibility index (Phi) is 7.70. The van der Waals surface area contributed by atoms with Crippen molar-refractivity contribution in [1.29, 1.82) is 0 Å². The van der Waals surface area contributed by atoms with E-state index in [1.54, 1.807) is 42.5 Å². The van der Waals surface area contributed by atoms with Crippen molar-refractivity contribution in [2.45, 2.75) is 6.92 Å². The number of hydrogen-bond acceptors (Lipinski definition) is 5. The maximum absolute atomic E-state index is 13.2. The van der Waals surface area contributed by atoms with Crippen LogP contribution in [0, 0.1) is 0 Å². The molecule has 0 atom stereocenters. The van der Waals surface area contributed by atoms with E-state index in [9.17, 15) is 9.59 Å². The highest BCUT2D eigenvalue weighted by Crippen LogP contribution is 2.32. The molecule has 1 amide bonds. The van der Waals surface area contributed by atoms with Crippen molar-refractivity contribution in [1.82, 2.24) is 10.4 Å². The molecule has 0 saturated heterocycles. The Morgan fingerprint density at radius 3 is 2.44 bits per heavy atom. The Labute approximate surface area is 230 Å². The second kappa shape index (κ2) is 11.7. The summed E-state index contributed by atoms with van der Waals surface area (Å²) in [7, 11) is 0. The largest absolute Gasteiger partial charge is 0.490 e. The van der Waals surface area contributed by atoms with E-state index in [1.165, 1.54) is 6.21 Å². The molecule has 8 heteroatoms. The normalized spacial score (nSPS) is 11.0. The summed E-state index contributed by atoms with van der Waals surface area (Å²) in [6, 6.07) is 28.9. The van der Waals surface area contributed by atoms with Crippen molar-refractivity contribution in [3.05, 3.63) is 119 Å². The number of hydrogen-bond donors (Lipinski definition) is 2. The third-order valence-electron chi connectivity index (χ3n) is 5.93. The number of hydrazone groups is 1. The van der Waals surface area contributed by atoms with Crippen LogP contribution in [-0.2, 0) is 0 Å². The lowest BCUT2D eigenvalue weighted by Crippen LogP contribution is -2.18. The number of amides is 1. The molecule has 7 nitrogen and oxygen atoms in total. The minimum absolute atomic E-state index is 0.267. The minimum Gasteiger partial charge on any atom is -0.490 e. The van der Waals surface area contributed by atoms with Crippen LogP contribution in [0.3, 0.4) is 0 Å². The average molecular weight is 538 g/mol. The van der Waals surface area contributed by atoms with Crippen LogP contribution >= 0.6 is 11.6 Å². The molecule has 194 valence electrons. The second-order valence-corrected chi connectivity index (χ2v) is 8.96. The first-order chi connectivity index (χ1) is 19.0. The van der Waals surface area contributed by atoms with Gasteiger partial charge in [-0.25, -0.2) is 10.2 Å². The first-order valence-corrected chi connectivity index (χ1v) is 12.7. The fourth-order valence-electron chi connectivity index (χ4n) is 4.14. The third kappa shape index (κ3) is 5.84. The number of benzene rings is 4. The van der Waals surface area contributed by atoms with Gasteiger partial charge in [-0.2, -0.15) is 5.10 Å². The number of aromatic nitrogens is 1. The number of para-hydroxylation sites is 1. The average Bonchev–Trinajstić information content (AvgIpc) is 3.35. The van der Waals surface area contributed by atoms with E-state index in [0.29, 0.717) is 34.2 Å². The van der Waals surface area contributed by atoms with Gasteiger partial charge in [0.05, 0.1) is 18.4 Å². The fourth-order valence-corrected chi connectivity index (χ4v) is 4.27. The number of nitrogens with zero attached hydrogens (tertiary/aromatic N) is 1. The number of carbonyl (C=O) groups is 2. The number of halogens is 1. The van der Waals surface area contributed by atoms with E-state index in [2.05, 4.69) is 15.5 Å². The van der Waals surface area contributed by atoms with Crippen molar-refractivity contribution in [3.8, 4) is 22.6 Å². The molecule has 5 aromatic rings. The van der Waals surface area contributed by atoms with Gasteiger partial charge < -0.3 is 14.5 Å². The lowest BCUT2D eigenvalue weighted by molar-refractivity contribution is 0.0728. The molecule has 0 radical (unpaired) electrons. The molecule has 0 spiro atoms. The maximum Gasteiger partial charge on any atom is 0.343 e. The van der Waals surface area contributed by atoms with Crippen molar-refractivity contribution < 1.29 is 19.1 Å². The SMILES string of the molecule is CCOc1cc(C=NNC(=O)c2[nH]c3ccccc3c2-c2ccccc2)ccc1OC(=O)c1ccc(Cl)cc1. The number of carbonyl (C=O) groups excluding carboxylic acids is 2. The molecule has 1 heterocycles. The smallest absolute Gasteiger partial charge is 0.343 e. The predicted molar refractivity (Wildman–Crippen MR) is 153 cm³/mol. The number of nitrogens with one attached hydrogen (secondary N) is 2.